The standard InChI is InChI=1S/C20H21Cl2NO3/c1-25-19-17(21)10-15(11-18(19)22)20(24)23-9-5-6-14(12-23)13-26-16-7-3-2-4-8-16/h2-4,7-8,10-11,14H,5-6,9,12-13H2,1H3. The smallest absolute Gasteiger partial charge is 0.253 e. The molecule has 1 atom stereocenters. The molecule has 0 radical (unpaired) electrons. The summed E-state index contributed by atoms with van der Waals surface area (Å²) >= 11 is 12.3. The molecule has 1 amide bonds. The van der Waals surface area contributed by atoms with Gasteiger partial charge in [0.1, 0.15) is 5.75 Å². The van der Waals surface area contributed by atoms with Crippen LogP contribution in [0, 0.1) is 5.92 Å². The normalized spacial score (nSPS) is 17.0. The van der Waals surface area contributed by atoms with E-state index in [1.165, 1.54) is 7.11 Å². The van der Waals surface area contributed by atoms with Crippen LogP contribution in [0.5, 0.6) is 11.5 Å². The molecule has 138 valence electrons. The second-order valence-corrected chi connectivity index (χ2v) is 7.17. The van der Waals surface area contributed by atoms with Crippen molar-refractivity contribution in [3.63, 3.8) is 0 Å². The predicted octanol–water partition coefficient (Wildman–Crippen LogP) is 4.93. The Hall–Kier alpha value is -1.91. The summed E-state index contributed by atoms with van der Waals surface area (Å²) in [4.78, 5) is 14.7. The Morgan fingerprint density at radius 1 is 1.19 bits per heavy atom. The molecule has 1 unspecified atom stereocenters. The largest absolute Gasteiger partial charge is 0.494 e. The van der Waals surface area contributed by atoms with E-state index in [4.69, 9.17) is 32.7 Å². The van der Waals surface area contributed by atoms with Crippen LogP contribution >= 0.6 is 23.2 Å². The summed E-state index contributed by atoms with van der Waals surface area (Å²) in [5.41, 5.74) is 0.477. The summed E-state index contributed by atoms with van der Waals surface area (Å²) in [6.07, 6.45) is 1.99. The molecule has 1 fully saturated rings. The zero-order valence-corrected chi connectivity index (χ0v) is 16.1. The summed E-state index contributed by atoms with van der Waals surface area (Å²) in [5, 5.41) is 0.675. The highest BCUT2D eigenvalue weighted by Crippen LogP contribution is 2.34. The number of benzene rings is 2. The van der Waals surface area contributed by atoms with Crippen molar-refractivity contribution in [2.24, 2.45) is 5.92 Å². The Morgan fingerprint density at radius 2 is 1.88 bits per heavy atom. The van der Waals surface area contributed by atoms with E-state index in [1.54, 1.807) is 12.1 Å². The van der Waals surface area contributed by atoms with E-state index in [0.717, 1.165) is 25.1 Å². The molecule has 0 saturated carbocycles. The Labute approximate surface area is 163 Å². The maximum Gasteiger partial charge on any atom is 0.253 e. The third-order valence-electron chi connectivity index (χ3n) is 4.48. The van der Waals surface area contributed by atoms with Crippen molar-refractivity contribution in [3.05, 3.63) is 58.1 Å². The van der Waals surface area contributed by atoms with Crippen molar-refractivity contribution >= 4 is 29.1 Å². The fraction of sp³-hybridized carbons (Fsp3) is 0.350. The van der Waals surface area contributed by atoms with Gasteiger partial charge in [-0.15, -0.1) is 0 Å². The van der Waals surface area contributed by atoms with E-state index in [2.05, 4.69) is 0 Å². The van der Waals surface area contributed by atoms with Gasteiger partial charge in [-0.3, -0.25) is 4.79 Å². The number of nitrogens with zero attached hydrogens (tertiary/aromatic N) is 1. The van der Waals surface area contributed by atoms with Crippen LogP contribution in [-0.4, -0.2) is 37.6 Å². The molecule has 6 heteroatoms. The maximum absolute atomic E-state index is 12.9. The molecule has 4 nitrogen and oxygen atoms in total. The number of likely N-dealkylation sites (tertiary alicyclic amines) is 1. The van der Waals surface area contributed by atoms with Crippen molar-refractivity contribution < 1.29 is 14.3 Å². The highest BCUT2D eigenvalue weighted by molar-refractivity contribution is 6.37. The van der Waals surface area contributed by atoms with Crippen molar-refractivity contribution in [3.8, 4) is 11.5 Å². The first-order valence-corrected chi connectivity index (χ1v) is 9.34. The van der Waals surface area contributed by atoms with Crippen LogP contribution < -0.4 is 9.47 Å². The van der Waals surface area contributed by atoms with Gasteiger partial charge in [0.15, 0.2) is 5.75 Å². The second-order valence-electron chi connectivity index (χ2n) is 6.36. The van der Waals surface area contributed by atoms with Crippen molar-refractivity contribution in [1.29, 1.82) is 0 Å². The molecule has 0 N–H and O–H groups in total. The minimum Gasteiger partial charge on any atom is -0.494 e. The molecule has 26 heavy (non-hydrogen) atoms. The molecule has 3 rings (SSSR count). The number of carbonyl (C=O) groups excluding carboxylic acids is 1. The van der Waals surface area contributed by atoms with Gasteiger partial charge in [-0.05, 0) is 37.1 Å². The lowest BCUT2D eigenvalue weighted by molar-refractivity contribution is 0.0633. The zero-order chi connectivity index (χ0) is 18.5. The van der Waals surface area contributed by atoms with E-state index in [-0.39, 0.29) is 5.91 Å². The van der Waals surface area contributed by atoms with Gasteiger partial charge in [-0.25, -0.2) is 0 Å². The summed E-state index contributed by atoms with van der Waals surface area (Å²) in [6.45, 7) is 1.98. The lowest BCUT2D eigenvalue weighted by atomic mass is 9.98. The summed E-state index contributed by atoms with van der Waals surface area (Å²) in [5.74, 6) is 1.47. The van der Waals surface area contributed by atoms with Gasteiger partial charge in [-0.1, -0.05) is 41.4 Å². The minimum absolute atomic E-state index is 0.0686. The van der Waals surface area contributed by atoms with Gasteiger partial charge in [0.05, 0.1) is 23.8 Å². The third-order valence-corrected chi connectivity index (χ3v) is 5.05. The zero-order valence-electron chi connectivity index (χ0n) is 14.6. The van der Waals surface area contributed by atoms with Crippen LogP contribution in [0.4, 0.5) is 0 Å². The van der Waals surface area contributed by atoms with Gasteiger partial charge < -0.3 is 14.4 Å². The van der Waals surface area contributed by atoms with Crippen LogP contribution in [0.3, 0.4) is 0 Å². The topological polar surface area (TPSA) is 38.8 Å². The van der Waals surface area contributed by atoms with Crippen LogP contribution in [0.2, 0.25) is 10.0 Å². The monoisotopic (exact) mass is 393 g/mol. The Morgan fingerprint density at radius 3 is 2.54 bits per heavy atom. The van der Waals surface area contributed by atoms with E-state index in [1.807, 2.05) is 35.2 Å². The number of hydrogen-bond donors (Lipinski definition) is 0. The SMILES string of the molecule is COc1c(Cl)cc(C(=O)N2CCCC(COc3ccccc3)C2)cc1Cl. The first-order chi connectivity index (χ1) is 12.6. The molecule has 0 bridgehead atoms. The molecule has 1 heterocycles. The quantitative estimate of drug-likeness (QED) is 0.722. The summed E-state index contributed by atoms with van der Waals surface area (Å²) in [7, 11) is 1.50. The number of methoxy groups -OCH3 is 1. The van der Waals surface area contributed by atoms with Gasteiger partial charge >= 0.3 is 0 Å². The first kappa shape index (κ1) is 18.9. The van der Waals surface area contributed by atoms with E-state index in [9.17, 15) is 4.79 Å². The van der Waals surface area contributed by atoms with Crippen molar-refractivity contribution in [2.45, 2.75) is 12.8 Å². The number of amides is 1. The fourth-order valence-corrected chi connectivity index (χ4v) is 3.82. The average molecular weight is 394 g/mol. The molecule has 1 saturated heterocycles. The lowest BCUT2D eigenvalue weighted by Crippen LogP contribution is -2.41. The van der Waals surface area contributed by atoms with E-state index >= 15 is 0 Å². The Kier molecular flexibility index (Phi) is 6.28. The van der Waals surface area contributed by atoms with Crippen LogP contribution in [0.25, 0.3) is 0 Å². The number of halogens is 2. The highest BCUT2D eigenvalue weighted by atomic mass is 35.5. The number of hydrogen-bond acceptors (Lipinski definition) is 3. The van der Waals surface area contributed by atoms with Gasteiger partial charge in [0.2, 0.25) is 0 Å². The molecule has 0 aromatic heterocycles. The highest BCUT2D eigenvalue weighted by Gasteiger charge is 2.26. The van der Waals surface area contributed by atoms with Gasteiger partial charge in [0, 0.05) is 24.6 Å². The number of carbonyl (C=O) groups is 1. The predicted molar refractivity (Wildman–Crippen MR) is 104 cm³/mol. The molecule has 0 spiro atoms. The molecule has 2 aromatic carbocycles. The lowest BCUT2D eigenvalue weighted by Gasteiger charge is -2.32. The molecular formula is C20H21Cl2NO3. The second kappa shape index (κ2) is 8.65. The van der Waals surface area contributed by atoms with Crippen LogP contribution in [-0.2, 0) is 0 Å². The number of ether oxygens (including phenoxy) is 2. The number of para-hydroxylation sites is 1. The molecule has 2 aromatic rings. The first-order valence-electron chi connectivity index (χ1n) is 8.58. The molecule has 1 aliphatic heterocycles. The van der Waals surface area contributed by atoms with Gasteiger partial charge in [-0.2, -0.15) is 0 Å². The average Bonchev–Trinajstić information content (AvgIpc) is 2.66. The Balaban J connectivity index is 1.64. The van der Waals surface area contributed by atoms with Crippen molar-refractivity contribution in [1.82, 2.24) is 4.90 Å². The maximum atomic E-state index is 12.9. The molecule has 1 aliphatic rings. The van der Waals surface area contributed by atoms with Crippen LogP contribution in [0.1, 0.15) is 23.2 Å². The summed E-state index contributed by atoms with van der Waals surface area (Å²) in [6, 6.07) is 12.9. The number of rotatable bonds is 5. The Bertz CT molecular complexity index is 744. The van der Waals surface area contributed by atoms with Gasteiger partial charge in [0.25, 0.3) is 5.91 Å². The van der Waals surface area contributed by atoms with Crippen molar-refractivity contribution in [2.75, 3.05) is 26.8 Å². The van der Waals surface area contributed by atoms with Crippen LogP contribution in [0.15, 0.2) is 42.5 Å². The van der Waals surface area contributed by atoms with E-state index < -0.39 is 0 Å². The summed E-state index contributed by atoms with van der Waals surface area (Å²) < 4.78 is 11.0. The molecular weight excluding hydrogens is 373 g/mol. The van der Waals surface area contributed by atoms with E-state index in [0.29, 0.717) is 40.4 Å². The third kappa shape index (κ3) is 4.43. The molecule has 0 aliphatic carbocycles. The number of piperidine rings is 1. The minimum atomic E-state index is -0.0686. The fourth-order valence-electron chi connectivity index (χ4n) is 3.18.